The first-order valence-electron chi connectivity index (χ1n) is 10.7. The van der Waals surface area contributed by atoms with E-state index in [2.05, 4.69) is 10.4 Å². The van der Waals surface area contributed by atoms with Crippen LogP contribution in [0.2, 0.25) is 0 Å². The molecule has 0 aliphatic rings. The predicted octanol–water partition coefficient (Wildman–Crippen LogP) is 4.91. The first-order chi connectivity index (χ1) is 15.6. The lowest BCUT2D eigenvalue weighted by molar-refractivity contribution is -0.127. The Morgan fingerprint density at radius 1 is 0.875 bits per heavy atom. The monoisotopic (exact) mass is 425 g/mol. The van der Waals surface area contributed by atoms with Crippen molar-refractivity contribution < 1.29 is 9.53 Å². The molecule has 4 rings (SSSR count). The molecule has 0 fully saturated rings. The van der Waals surface area contributed by atoms with Gasteiger partial charge in [0, 0.05) is 17.8 Å². The number of para-hydroxylation sites is 1. The highest BCUT2D eigenvalue weighted by Gasteiger charge is 2.17. The number of nitrogens with one attached hydrogen (secondary N) is 1. The van der Waals surface area contributed by atoms with E-state index in [4.69, 9.17) is 4.74 Å². The zero-order chi connectivity index (χ0) is 22.3. The van der Waals surface area contributed by atoms with Crippen molar-refractivity contribution in [3.8, 4) is 5.69 Å². The maximum atomic E-state index is 12.6. The Hall–Kier alpha value is -3.70. The van der Waals surface area contributed by atoms with Crippen molar-refractivity contribution >= 4 is 5.91 Å². The van der Waals surface area contributed by atoms with Crippen LogP contribution in [0.1, 0.15) is 34.2 Å². The van der Waals surface area contributed by atoms with Gasteiger partial charge in [-0.15, -0.1) is 0 Å². The molecular formula is C27H27N3O2. The summed E-state index contributed by atoms with van der Waals surface area (Å²) in [5.41, 5.74) is 5.97. The Balaban J connectivity index is 1.41. The number of carbonyl (C=O) groups excluding carboxylic acids is 1. The summed E-state index contributed by atoms with van der Waals surface area (Å²) in [6, 6.07) is 29.9. The molecule has 162 valence electrons. The SMILES string of the molecule is Cc1nn(-c2ccccc2)c(C)c1CNC(=O)COC(c1ccccc1)c1ccccc1. The molecule has 0 radical (unpaired) electrons. The van der Waals surface area contributed by atoms with Gasteiger partial charge in [-0.05, 0) is 37.1 Å². The topological polar surface area (TPSA) is 56.2 Å². The van der Waals surface area contributed by atoms with Crippen molar-refractivity contribution in [3.63, 3.8) is 0 Å². The lowest BCUT2D eigenvalue weighted by Crippen LogP contribution is -2.28. The predicted molar refractivity (Wildman–Crippen MR) is 126 cm³/mol. The van der Waals surface area contributed by atoms with Gasteiger partial charge in [0.15, 0.2) is 0 Å². The number of rotatable bonds is 8. The number of carbonyl (C=O) groups is 1. The Labute approximate surface area is 188 Å². The highest BCUT2D eigenvalue weighted by molar-refractivity contribution is 5.77. The summed E-state index contributed by atoms with van der Waals surface area (Å²) in [7, 11) is 0. The van der Waals surface area contributed by atoms with Crippen molar-refractivity contribution in [2.45, 2.75) is 26.5 Å². The minimum Gasteiger partial charge on any atom is -0.359 e. The quantitative estimate of drug-likeness (QED) is 0.436. The fourth-order valence-electron chi connectivity index (χ4n) is 3.79. The van der Waals surface area contributed by atoms with Crippen LogP contribution in [0.25, 0.3) is 5.69 Å². The van der Waals surface area contributed by atoms with Crippen molar-refractivity contribution in [1.29, 1.82) is 0 Å². The zero-order valence-corrected chi connectivity index (χ0v) is 18.4. The minimum atomic E-state index is -0.299. The summed E-state index contributed by atoms with van der Waals surface area (Å²) in [5.74, 6) is -0.159. The molecule has 3 aromatic carbocycles. The third-order valence-electron chi connectivity index (χ3n) is 5.49. The van der Waals surface area contributed by atoms with Crippen molar-refractivity contribution in [2.24, 2.45) is 0 Å². The molecule has 5 nitrogen and oxygen atoms in total. The van der Waals surface area contributed by atoms with Crippen molar-refractivity contribution in [3.05, 3.63) is 119 Å². The molecule has 1 N–H and O–H groups in total. The molecule has 0 aliphatic heterocycles. The number of nitrogens with zero attached hydrogens (tertiary/aromatic N) is 2. The molecule has 0 bridgehead atoms. The fraction of sp³-hybridized carbons (Fsp3) is 0.185. The van der Waals surface area contributed by atoms with Gasteiger partial charge in [-0.2, -0.15) is 5.10 Å². The van der Waals surface area contributed by atoms with E-state index in [0.29, 0.717) is 6.54 Å². The molecule has 0 atom stereocenters. The summed E-state index contributed by atoms with van der Waals surface area (Å²) < 4.78 is 7.98. The zero-order valence-electron chi connectivity index (χ0n) is 18.4. The summed E-state index contributed by atoms with van der Waals surface area (Å²) in [6.07, 6.45) is -0.299. The van der Waals surface area contributed by atoms with E-state index >= 15 is 0 Å². The number of aromatic nitrogens is 2. The van der Waals surface area contributed by atoms with E-state index in [1.807, 2.05) is 110 Å². The molecule has 0 saturated heterocycles. The average molecular weight is 426 g/mol. The van der Waals surface area contributed by atoms with Gasteiger partial charge >= 0.3 is 0 Å². The number of hydrogen-bond acceptors (Lipinski definition) is 3. The third-order valence-corrected chi connectivity index (χ3v) is 5.49. The summed E-state index contributed by atoms with van der Waals surface area (Å²) in [5, 5.41) is 7.63. The second kappa shape index (κ2) is 10.1. The Bertz CT molecular complexity index is 1120. The number of benzene rings is 3. The summed E-state index contributed by atoms with van der Waals surface area (Å²) in [4.78, 5) is 12.6. The molecule has 5 heteroatoms. The van der Waals surface area contributed by atoms with Gasteiger partial charge in [-0.25, -0.2) is 4.68 Å². The van der Waals surface area contributed by atoms with Crippen molar-refractivity contribution in [1.82, 2.24) is 15.1 Å². The van der Waals surface area contributed by atoms with Crippen LogP contribution >= 0.6 is 0 Å². The summed E-state index contributed by atoms with van der Waals surface area (Å²) in [6.45, 7) is 4.37. The smallest absolute Gasteiger partial charge is 0.246 e. The molecule has 4 aromatic rings. The van der Waals surface area contributed by atoms with Gasteiger partial charge in [-0.3, -0.25) is 4.79 Å². The highest BCUT2D eigenvalue weighted by atomic mass is 16.5. The first kappa shape index (κ1) is 21.5. The van der Waals surface area contributed by atoms with Crippen LogP contribution in [0.4, 0.5) is 0 Å². The first-order valence-corrected chi connectivity index (χ1v) is 10.7. The number of amides is 1. The molecular weight excluding hydrogens is 398 g/mol. The second-order valence-corrected chi connectivity index (χ2v) is 7.69. The Kier molecular flexibility index (Phi) is 6.78. The molecule has 0 spiro atoms. The minimum absolute atomic E-state index is 0.0284. The molecule has 1 heterocycles. The van der Waals surface area contributed by atoms with Crippen LogP contribution < -0.4 is 5.32 Å². The van der Waals surface area contributed by atoms with E-state index in [1.165, 1.54) is 0 Å². The maximum Gasteiger partial charge on any atom is 0.246 e. The molecule has 0 saturated carbocycles. The highest BCUT2D eigenvalue weighted by Crippen LogP contribution is 2.25. The van der Waals surface area contributed by atoms with Crippen LogP contribution in [0, 0.1) is 13.8 Å². The van der Waals surface area contributed by atoms with E-state index in [0.717, 1.165) is 33.8 Å². The second-order valence-electron chi connectivity index (χ2n) is 7.69. The van der Waals surface area contributed by atoms with E-state index in [1.54, 1.807) is 0 Å². The van der Waals surface area contributed by atoms with Gasteiger partial charge in [-0.1, -0.05) is 78.9 Å². The average Bonchev–Trinajstić information content (AvgIpc) is 3.13. The van der Waals surface area contributed by atoms with Crippen LogP contribution in [0.5, 0.6) is 0 Å². The van der Waals surface area contributed by atoms with Crippen LogP contribution in [0.3, 0.4) is 0 Å². The van der Waals surface area contributed by atoms with Gasteiger partial charge in [0.05, 0.1) is 11.4 Å². The van der Waals surface area contributed by atoms with Crippen molar-refractivity contribution in [2.75, 3.05) is 6.61 Å². The lowest BCUT2D eigenvalue weighted by Gasteiger charge is -2.19. The molecule has 32 heavy (non-hydrogen) atoms. The van der Waals surface area contributed by atoms with E-state index < -0.39 is 0 Å². The fourth-order valence-corrected chi connectivity index (χ4v) is 3.79. The summed E-state index contributed by atoms with van der Waals surface area (Å²) >= 11 is 0. The van der Waals surface area contributed by atoms with E-state index in [9.17, 15) is 4.79 Å². The molecule has 1 amide bonds. The normalized spacial score (nSPS) is 11.0. The standard InChI is InChI=1S/C27H27N3O2/c1-20-25(21(2)30(29-20)24-16-10-5-11-17-24)18-28-26(31)19-32-27(22-12-6-3-7-13-22)23-14-8-4-9-15-23/h3-17,27H,18-19H2,1-2H3,(H,28,31). The lowest BCUT2D eigenvalue weighted by atomic mass is 10.0. The van der Waals surface area contributed by atoms with E-state index in [-0.39, 0.29) is 18.6 Å². The Morgan fingerprint density at radius 3 is 1.97 bits per heavy atom. The number of aryl methyl sites for hydroxylation is 1. The van der Waals surface area contributed by atoms with Crippen LogP contribution in [-0.4, -0.2) is 22.3 Å². The third kappa shape index (κ3) is 4.95. The van der Waals surface area contributed by atoms with Crippen LogP contribution in [0.15, 0.2) is 91.0 Å². The maximum absolute atomic E-state index is 12.6. The molecule has 0 unspecified atom stereocenters. The largest absolute Gasteiger partial charge is 0.359 e. The number of ether oxygens (including phenoxy) is 1. The van der Waals surface area contributed by atoms with Gasteiger partial charge in [0.25, 0.3) is 0 Å². The van der Waals surface area contributed by atoms with Gasteiger partial charge < -0.3 is 10.1 Å². The van der Waals surface area contributed by atoms with Crippen LogP contribution in [-0.2, 0) is 16.1 Å². The van der Waals surface area contributed by atoms with Gasteiger partial charge in [0.2, 0.25) is 5.91 Å². The molecule has 0 aliphatic carbocycles. The van der Waals surface area contributed by atoms with Gasteiger partial charge in [0.1, 0.15) is 12.7 Å². The molecule has 1 aromatic heterocycles. The number of hydrogen-bond donors (Lipinski definition) is 1. The Morgan fingerprint density at radius 2 is 1.41 bits per heavy atom.